The third-order valence-corrected chi connectivity index (χ3v) is 5.49. The van der Waals surface area contributed by atoms with Gasteiger partial charge in [0.05, 0.1) is 41.1 Å². The van der Waals surface area contributed by atoms with Gasteiger partial charge < -0.3 is 20.9 Å². The molecule has 1 aromatic carbocycles. The molecule has 2 aromatic heterocycles. The Hall–Kier alpha value is -3.21. The molecule has 0 saturated carbocycles. The third kappa shape index (κ3) is 4.82. The number of anilines is 5. The average molecular weight is 439 g/mol. The number of aromatic nitrogens is 4. The highest BCUT2D eigenvalue weighted by molar-refractivity contribution is 5.71. The van der Waals surface area contributed by atoms with Crippen LogP contribution < -0.4 is 21.5 Å². The zero-order chi connectivity index (χ0) is 22.7. The number of nitrogens with one attached hydrogen (secondary N) is 2. The fraction of sp³-hybridized carbons (Fsp3) is 0.409. The van der Waals surface area contributed by atoms with Gasteiger partial charge in [0.15, 0.2) is 5.82 Å². The fourth-order valence-electron chi connectivity index (χ4n) is 3.68. The molecule has 5 N–H and O–H groups in total. The fourth-order valence-corrected chi connectivity index (χ4v) is 3.68. The number of nitrogen functional groups attached to an aromatic ring is 1. The van der Waals surface area contributed by atoms with E-state index in [1.807, 2.05) is 35.1 Å². The molecule has 1 saturated heterocycles. The van der Waals surface area contributed by atoms with Crippen LogP contribution in [-0.4, -0.2) is 45.1 Å². The summed E-state index contributed by atoms with van der Waals surface area (Å²) in [5, 5.41) is 19.7. The number of aliphatic hydroxyl groups is 1. The molecular formula is C22H30N8O2. The van der Waals surface area contributed by atoms with E-state index in [2.05, 4.69) is 25.8 Å². The summed E-state index contributed by atoms with van der Waals surface area (Å²) >= 11 is 0. The molecular weight excluding hydrogens is 408 g/mol. The zero-order valence-electron chi connectivity index (χ0n) is 18.6. The van der Waals surface area contributed by atoms with Crippen LogP contribution in [0, 0.1) is 0 Å². The van der Waals surface area contributed by atoms with Crippen LogP contribution in [0.25, 0.3) is 0 Å². The molecule has 0 spiro atoms. The molecule has 1 aliphatic rings. The van der Waals surface area contributed by atoms with Gasteiger partial charge in [-0.15, -0.1) is 0 Å². The molecule has 10 heteroatoms. The minimum Gasteiger partial charge on any atom is -0.394 e. The van der Waals surface area contributed by atoms with Crippen molar-refractivity contribution < 1.29 is 9.84 Å². The second kappa shape index (κ2) is 9.11. The quantitative estimate of drug-likeness (QED) is 0.412. The van der Waals surface area contributed by atoms with E-state index in [-0.39, 0.29) is 0 Å². The van der Waals surface area contributed by atoms with Crippen molar-refractivity contribution in [2.75, 3.05) is 36.3 Å². The molecule has 3 heterocycles. The molecule has 1 fully saturated rings. The first-order valence-electron chi connectivity index (χ1n) is 10.7. The smallest absolute Gasteiger partial charge is 0.229 e. The number of hydrogen-bond donors (Lipinski definition) is 4. The van der Waals surface area contributed by atoms with Gasteiger partial charge >= 0.3 is 0 Å². The van der Waals surface area contributed by atoms with Gasteiger partial charge in [-0.3, -0.25) is 9.69 Å². The van der Waals surface area contributed by atoms with Gasteiger partial charge in [-0.1, -0.05) is 12.1 Å². The molecule has 4 rings (SSSR count). The van der Waals surface area contributed by atoms with Crippen molar-refractivity contribution in [1.29, 1.82) is 0 Å². The van der Waals surface area contributed by atoms with Crippen molar-refractivity contribution in [2.24, 2.45) is 0 Å². The van der Waals surface area contributed by atoms with E-state index in [4.69, 9.17) is 10.5 Å². The summed E-state index contributed by atoms with van der Waals surface area (Å²) in [6.07, 6.45) is 7.20. The van der Waals surface area contributed by atoms with Crippen LogP contribution in [0.5, 0.6) is 0 Å². The second-order valence-corrected chi connectivity index (χ2v) is 8.32. The highest BCUT2D eigenvalue weighted by atomic mass is 16.5. The van der Waals surface area contributed by atoms with Crippen molar-refractivity contribution in [3.8, 4) is 0 Å². The lowest BCUT2D eigenvalue weighted by molar-refractivity contribution is 0.0662. The standard InChI is InChI=1S/C22H30N8O2/c1-22(2,31)15-4-6-18(7-5-15)30(24-3)20-19(23)13-25-21(28-20)27-16-12-26-29(14-16)17-8-10-32-11-9-17/h4-7,12-14,17,24,31H,8-11,23H2,1-3H3,(H,25,27,28). The van der Waals surface area contributed by atoms with Crippen LogP contribution in [0.1, 0.15) is 38.3 Å². The van der Waals surface area contributed by atoms with Crippen molar-refractivity contribution in [2.45, 2.75) is 38.3 Å². The highest BCUT2D eigenvalue weighted by Gasteiger charge is 2.19. The number of ether oxygens (including phenoxy) is 1. The summed E-state index contributed by atoms with van der Waals surface area (Å²) in [6.45, 7) is 5.02. The third-order valence-electron chi connectivity index (χ3n) is 5.49. The Morgan fingerprint density at radius 2 is 1.91 bits per heavy atom. The molecule has 0 atom stereocenters. The lowest BCUT2D eigenvalue weighted by atomic mass is 9.98. The van der Waals surface area contributed by atoms with Crippen molar-refractivity contribution in [1.82, 2.24) is 25.2 Å². The molecule has 0 bridgehead atoms. The minimum atomic E-state index is -0.914. The lowest BCUT2D eigenvalue weighted by Gasteiger charge is -2.25. The van der Waals surface area contributed by atoms with Gasteiger partial charge in [0.2, 0.25) is 5.95 Å². The first-order valence-corrected chi connectivity index (χ1v) is 10.7. The summed E-state index contributed by atoms with van der Waals surface area (Å²) < 4.78 is 7.39. The summed E-state index contributed by atoms with van der Waals surface area (Å²) in [4.78, 5) is 8.94. The van der Waals surface area contributed by atoms with Crippen LogP contribution >= 0.6 is 0 Å². The Labute approximate surface area is 187 Å². The minimum absolute atomic E-state index is 0.342. The largest absolute Gasteiger partial charge is 0.394 e. The first-order chi connectivity index (χ1) is 15.3. The number of rotatable bonds is 7. The Bertz CT molecular complexity index is 1040. The lowest BCUT2D eigenvalue weighted by Crippen LogP contribution is -2.32. The van der Waals surface area contributed by atoms with E-state index in [9.17, 15) is 5.11 Å². The predicted molar refractivity (Wildman–Crippen MR) is 124 cm³/mol. The molecule has 0 amide bonds. The summed E-state index contributed by atoms with van der Waals surface area (Å²) in [6, 6.07) is 7.89. The van der Waals surface area contributed by atoms with Gasteiger partial charge in [-0.25, -0.2) is 10.4 Å². The molecule has 0 unspecified atom stereocenters. The highest BCUT2D eigenvalue weighted by Crippen LogP contribution is 2.30. The molecule has 0 aliphatic carbocycles. The summed E-state index contributed by atoms with van der Waals surface area (Å²) in [5.41, 5.74) is 11.3. The van der Waals surface area contributed by atoms with E-state index >= 15 is 0 Å². The SMILES string of the molecule is CNN(c1ccc(C(C)(C)O)cc1)c1nc(Nc2cnn(C3CCOCC3)c2)ncc1N. The zero-order valence-corrected chi connectivity index (χ0v) is 18.6. The molecule has 3 aromatic rings. The van der Waals surface area contributed by atoms with E-state index in [1.165, 1.54) is 0 Å². The Morgan fingerprint density at radius 3 is 2.56 bits per heavy atom. The molecule has 32 heavy (non-hydrogen) atoms. The Morgan fingerprint density at radius 1 is 1.19 bits per heavy atom. The maximum Gasteiger partial charge on any atom is 0.229 e. The number of hydrogen-bond acceptors (Lipinski definition) is 9. The molecule has 0 radical (unpaired) electrons. The van der Waals surface area contributed by atoms with Gasteiger partial charge in [0, 0.05) is 26.5 Å². The van der Waals surface area contributed by atoms with Gasteiger partial charge in [0.1, 0.15) is 0 Å². The number of benzene rings is 1. The first kappa shape index (κ1) is 22.0. The number of nitrogens with zero attached hydrogens (tertiary/aromatic N) is 5. The molecule has 10 nitrogen and oxygen atoms in total. The van der Waals surface area contributed by atoms with Crippen molar-refractivity contribution >= 4 is 28.8 Å². The average Bonchev–Trinajstić information content (AvgIpc) is 3.25. The van der Waals surface area contributed by atoms with E-state index < -0.39 is 5.60 Å². The van der Waals surface area contributed by atoms with Gasteiger partial charge in [-0.05, 0) is 44.4 Å². The van der Waals surface area contributed by atoms with E-state index in [0.717, 1.165) is 43.0 Å². The number of nitrogens with two attached hydrogens (primary N) is 1. The molecule has 1 aliphatic heterocycles. The monoisotopic (exact) mass is 438 g/mol. The van der Waals surface area contributed by atoms with Crippen LogP contribution in [0.4, 0.5) is 28.8 Å². The van der Waals surface area contributed by atoms with Gasteiger partial charge in [-0.2, -0.15) is 10.1 Å². The number of hydrazine groups is 1. The maximum absolute atomic E-state index is 10.2. The summed E-state index contributed by atoms with van der Waals surface area (Å²) in [5.74, 6) is 0.923. The normalized spacial score (nSPS) is 15.0. The predicted octanol–water partition coefficient (Wildman–Crippen LogP) is 2.85. The molecule has 170 valence electrons. The van der Waals surface area contributed by atoms with Crippen molar-refractivity contribution in [3.63, 3.8) is 0 Å². The van der Waals surface area contributed by atoms with Crippen LogP contribution in [-0.2, 0) is 10.3 Å². The van der Waals surface area contributed by atoms with Crippen LogP contribution in [0.3, 0.4) is 0 Å². The van der Waals surface area contributed by atoms with Crippen molar-refractivity contribution in [3.05, 3.63) is 48.4 Å². The van der Waals surface area contributed by atoms with Crippen LogP contribution in [0.2, 0.25) is 0 Å². The van der Waals surface area contributed by atoms with E-state index in [1.54, 1.807) is 38.3 Å². The Kier molecular flexibility index (Phi) is 6.26. The van der Waals surface area contributed by atoms with Crippen LogP contribution in [0.15, 0.2) is 42.9 Å². The second-order valence-electron chi connectivity index (χ2n) is 8.32. The summed E-state index contributed by atoms with van der Waals surface area (Å²) in [7, 11) is 1.79. The topological polar surface area (TPSA) is 126 Å². The van der Waals surface area contributed by atoms with E-state index in [0.29, 0.717) is 23.5 Å². The Balaban J connectivity index is 1.54. The maximum atomic E-state index is 10.2. The van der Waals surface area contributed by atoms with Gasteiger partial charge in [0.25, 0.3) is 0 Å².